The fourth-order valence-electron chi connectivity index (χ4n) is 2.70. The van der Waals surface area contributed by atoms with Crippen molar-refractivity contribution < 1.29 is 9.84 Å². The maximum atomic E-state index is 9.90. The zero-order valence-corrected chi connectivity index (χ0v) is 18.6. The lowest BCUT2D eigenvalue weighted by Gasteiger charge is -2.36. The molecule has 1 aromatic carbocycles. The van der Waals surface area contributed by atoms with Crippen LogP contribution in [-0.4, -0.2) is 53.7 Å². The zero-order valence-electron chi connectivity index (χ0n) is 15.5. The highest BCUT2D eigenvalue weighted by atomic mass is 127. The van der Waals surface area contributed by atoms with Gasteiger partial charge >= 0.3 is 0 Å². The predicted octanol–water partition coefficient (Wildman–Crippen LogP) is 3.56. The number of nitrogens with zero attached hydrogens (tertiary/aromatic N) is 2. The van der Waals surface area contributed by atoms with E-state index < -0.39 is 0 Å². The number of ether oxygens (including phenoxy) is 1. The van der Waals surface area contributed by atoms with Crippen LogP contribution in [0.2, 0.25) is 0 Å². The summed E-state index contributed by atoms with van der Waals surface area (Å²) in [4.78, 5) is 7.12. The number of hydrogen-bond acceptors (Lipinski definition) is 4. The second-order valence-corrected chi connectivity index (χ2v) is 7.62. The number of nitrogens with one attached hydrogen (secondary N) is 1. The van der Waals surface area contributed by atoms with Crippen LogP contribution < -0.4 is 10.1 Å². The molecule has 7 heteroatoms. The van der Waals surface area contributed by atoms with Crippen LogP contribution in [0.5, 0.6) is 11.5 Å². The van der Waals surface area contributed by atoms with Crippen LogP contribution in [0, 0.1) is 5.92 Å². The second kappa shape index (κ2) is 11.0. The van der Waals surface area contributed by atoms with E-state index in [2.05, 4.69) is 42.7 Å². The molecule has 1 saturated heterocycles. The molecule has 142 valence electrons. The van der Waals surface area contributed by atoms with Crippen molar-refractivity contribution in [3.63, 3.8) is 0 Å². The summed E-state index contributed by atoms with van der Waals surface area (Å²) in [5.74, 6) is 3.40. The Morgan fingerprint density at radius 1 is 1.48 bits per heavy atom. The molecule has 25 heavy (non-hydrogen) atoms. The molecule has 2 rings (SSSR count). The molecule has 1 aromatic rings. The van der Waals surface area contributed by atoms with Crippen molar-refractivity contribution in [2.24, 2.45) is 10.9 Å². The average Bonchev–Trinajstić information content (AvgIpc) is 2.58. The molecule has 5 nitrogen and oxygen atoms in total. The molecule has 0 aliphatic carbocycles. The van der Waals surface area contributed by atoms with Gasteiger partial charge in [0.1, 0.15) is 0 Å². The minimum atomic E-state index is 0. The standard InChI is InChI=1S/C18H29N3O2S.HI/c1-5-19-18(21-8-9-24-17(12-21)13(2)3)20-11-14-6-7-16(23-4)15(22)10-14;/h6-7,10,13,17,22H,5,8-9,11-12H2,1-4H3,(H,19,20);1H. The van der Waals surface area contributed by atoms with E-state index in [1.54, 1.807) is 19.2 Å². The molecule has 1 atom stereocenters. The first kappa shape index (κ1) is 22.2. The van der Waals surface area contributed by atoms with E-state index in [0.717, 1.165) is 36.9 Å². The summed E-state index contributed by atoms with van der Waals surface area (Å²) in [6.45, 7) is 10.1. The summed E-state index contributed by atoms with van der Waals surface area (Å²) in [6, 6.07) is 5.43. The summed E-state index contributed by atoms with van der Waals surface area (Å²) in [5, 5.41) is 13.9. The van der Waals surface area contributed by atoms with Gasteiger partial charge in [-0.25, -0.2) is 4.99 Å². The fraction of sp³-hybridized carbons (Fsp3) is 0.611. The summed E-state index contributed by atoms with van der Waals surface area (Å²) >= 11 is 2.06. The normalized spacial score (nSPS) is 18.0. The van der Waals surface area contributed by atoms with E-state index in [9.17, 15) is 5.11 Å². The molecular weight excluding hydrogens is 449 g/mol. The van der Waals surface area contributed by atoms with E-state index in [1.807, 2.05) is 6.07 Å². The number of hydrogen-bond donors (Lipinski definition) is 2. The Labute approximate surface area is 172 Å². The van der Waals surface area contributed by atoms with Crippen LogP contribution in [0.15, 0.2) is 23.2 Å². The molecule has 0 saturated carbocycles. The monoisotopic (exact) mass is 479 g/mol. The molecule has 1 unspecified atom stereocenters. The molecule has 1 heterocycles. The largest absolute Gasteiger partial charge is 0.504 e. The highest BCUT2D eigenvalue weighted by Gasteiger charge is 2.24. The van der Waals surface area contributed by atoms with Crippen LogP contribution in [-0.2, 0) is 6.54 Å². The zero-order chi connectivity index (χ0) is 17.5. The van der Waals surface area contributed by atoms with Gasteiger partial charge in [-0.15, -0.1) is 24.0 Å². The number of rotatable bonds is 5. The molecule has 1 aliphatic rings. The van der Waals surface area contributed by atoms with Crippen molar-refractivity contribution in [1.82, 2.24) is 10.2 Å². The Morgan fingerprint density at radius 3 is 2.84 bits per heavy atom. The lowest BCUT2D eigenvalue weighted by atomic mass is 10.1. The highest BCUT2D eigenvalue weighted by molar-refractivity contribution is 14.0. The summed E-state index contributed by atoms with van der Waals surface area (Å²) < 4.78 is 5.08. The van der Waals surface area contributed by atoms with Crippen molar-refractivity contribution in [1.29, 1.82) is 0 Å². The van der Waals surface area contributed by atoms with Gasteiger partial charge in [-0.2, -0.15) is 11.8 Å². The van der Waals surface area contributed by atoms with Crippen LogP contribution >= 0.6 is 35.7 Å². The van der Waals surface area contributed by atoms with Crippen LogP contribution in [0.4, 0.5) is 0 Å². The van der Waals surface area contributed by atoms with Gasteiger partial charge in [0.15, 0.2) is 17.5 Å². The molecular formula is C18H30IN3O2S. The smallest absolute Gasteiger partial charge is 0.194 e. The van der Waals surface area contributed by atoms with E-state index in [0.29, 0.717) is 23.5 Å². The van der Waals surface area contributed by atoms with Gasteiger partial charge in [-0.3, -0.25) is 0 Å². The number of benzene rings is 1. The second-order valence-electron chi connectivity index (χ2n) is 6.28. The first-order valence-corrected chi connectivity index (χ1v) is 9.60. The van der Waals surface area contributed by atoms with E-state index >= 15 is 0 Å². The van der Waals surface area contributed by atoms with Crippen LogP contribution in [0.25, 0.3) is 0 Å². The minimum Gasteiger partial charge on any atom is -0.504 e. The van der Waals surface area contributed by atoms with Gasteiger partial charge in [0.25, 0.3) is 0 Å². The number of guanidine groups is 1. The topological polar surface area (TPSA) is 57.1 Å². The summed E-state index contributed by atoms with van der Waals surface area (Å²) in [6.07, 6.45) is 0. The first-order valence-electron chi connectivity index (χ1n) is 8.55. The molecule has 1 aliphatic heterocycles. The molecule has 1 fully saturated rings. The number of phenols is 1. The van der Waals surface area contributed by atoms with Gasteiger partial charge in [-0.05, 0) is 30.5 Å². The van der Waals surface area contributed by atoms with E-state index in [-0.39, 0.29) is 29.7 Å². The molecule has 0 radical (unpaired) electrons. The van der Waals surface area contributed by atoms with Gasteiger partial charge in [-0.1, -0.05) is 19.9 Å². The highest BCUT2D eigenvalue weighted by Crippen LogP contribution is 2.27. The minimum absolute atomic E-state index is 0. The molecule has 0 aromatic heterocycles. The van der Waals surface area contributed by atoms with Crippen molar-refractivity contribution >= 4 is 41.7 Å². The number of aliphatic imine (C=N–C) groups is 1. The number of phenolic OH excluding ortho intramolecular Hbond substituents is 1. The van der Waals surface area contributed by atoms with Crippen LogP contribution in [0.3, 0.4) is 0 Å². The Hall–Kier alpha value is -0.830. The van der Waals surface area contributed by atoms with Crippen molar-refractivity contribution in [3.8, 4) is 11.5 Å². The third kappa shape index (κ3) is 6.44. The third-order valence-corrected chi connectivity index (χ3v) is 5.67. The maximum Gasteiger partial charge on any atom is 0.194 e. The SMILES string of the molecule is CCNC(=NCc1ccc(OC)c(O)c1)N1CCSC(C(C)C)C1.I. The van der Waals surface area contributed by atoms with Crippen LogP contribution in [0.1, 0.15) is 26.3 Å². The quantitative estimate of drug-likeness (QED) is 0.385. The lowest BCUT2D eigenvalue weighted by molar-refractivity contribution is 0.373. The molecule has 0 amide bonds. The van der Waals surface area contributed by atoms with Crippen molar-refractivity contribution in [3.05, 3.63) is 23.8 Å². The molecule has 0 spiro atoms. The molecule has 2 N–H and O–H groups in total. The lowest BCUT2D eigenvalue weighted by Crippen LogP contribution is -2.49. The van der Waals surface area contributed by atoms with Gasteiger partial charge in [0.2, 0.25) is 0 Å². The van der Waals surface area contributed by atoms with E-state index in [1.165, 1.54) is 0 Å². The number of methoxy groups -OCH3 is 1. The third-order valence-electron chi connectivity index (χ3n) is 4.13. The van der Waals surface area contributed by atoms with Gasteiger partial charge in [0.05, 0.1) is 13.7 Å². The van der Waals surface area contributed by atoms with Gasteiger partial charge < -0.3 is 20.1 Å². The predicted molar refractivity (Wildman–Crippen MR) is 118 cm³/mol. The Kier molecular flexibility index (Phi) is 9.78. The Morgan fingerprint density at radius 2 is 2.24 bits per heavy atom. The average molecular weight is 479 g/mol. The Balaban J connectivity index is 0.00000312. The van der Waals surface area contributed by atoms with Gasteiger partial charge in [0, 0.05) is 30.6 Å². The fourth-order valence-corrected chi connectivity index (χ4v) is 4.00. The maximum absolute atomic E-state index is 9.90. The Bertz CT molecular complexity index is 569. The summed E-state index contributed by atoms with van der Waals surface area (Å²) in [7, 11) is 1.55. The number of aromatic hydroxyl groups is 1. The number of halogens is 1. The summed E-state index contributed by atoms with van der Waals surface area (Å²) in [5.41, 5.74) is 0.968. The van der Waals surface area contributed by atoms with E-state index in [4.69, 9.17) is 9.73 Å². The van der Waals surface area contributed by atoms with Crippen molar-refractivity contribution in [2.75, 3.05) is 32.5 Å². The molecule has 0 bridgehead atoms. The van der Waals surface area contributed by atoms with Crippen molar-refractivity contribution in [2.45, 2.75) is 32.6 Å². The number of thioether (sulfide) groups is 1. The first-order chi connectivity index (χ1) is 11.5.